The second kappa shape index (κ2) is 7.77. The van der Waals surface area contributed by atoms with Crippen molar-refractivity contribution in [3.8, 4) is 17.0 Å². The van der Waals surface area contributed by atoms with Gasteiger partial charge in [-0.25, -0.2) is 4.98 Å². The Balaban J connectivity index is 1.88. The number of rotatable bonds is 5. The van der Waals surface area contributed by atoms with Crippen molar-refractivity contribution in [2.45, 2.75) is 32.7 Å². The number of methoxy groups -OCH3 is 1. The highest BCUT2D eigenvalue weighted by Crippen LogP contribution is 2.33. The maximum absolute atomic E-state index is 11.4. The van der Waals surface area contributed by atoms with Crippen LogP contribution in [0.4, 0.5) is 5.13 Å². The number of thiazole rings is 1. The van der Waals surface area contributed by atoms with Crippen LogP contribution in [0.3, 0.4) is 0 Å². The Bertz CT molecular complexity index is 691. The number of carbonyl (C=O) groups excluding carboxylic acids is 1. The summed E-state index contributed by atoms with van der Waals surface area (Å²) >= 11 is 1.57. The van der Waals surface area contributed by atoms with Crippen LogP contribution >= 0.6 is 11.3 Å². The fourth-order valence-electron chi connectivity index (χ4n) is 2.96. The highest BCUT2D eigenvalue weighted by Gasteiger charge is 2.18. The van der Waals surface area contributed by atoms with Crippen LogP contribution in [-0.4, -0.2) is 36.0 Å². The molecule has 0 atom stereocenters. The van der Waals surface area contributed by atoms with Gasteiger partial charge in [0.15, 0.2) is 5.13 Å². The lowest BCUT2D eigenvalue weighted by atomic mass is 10.1. The van der Waals surface area contributed by atoms with Crippen molar-refractivity contribution in [3.63, 3.8) is 0 Å². The molecule has 1 aromatic carbocycles. The summed E-state index contributed by atoms with van der Waals surface area (Å²) in [6.45, 7) is 4.67. The minimum Gasteiger partial charge on any atom is -0.497 e. The fraction of sp³-hybridized carbons (Fsp3) is 0.444. The SMILES string of the molecule is COc1ccc(-c2nc(NC(C)=O)sc2CN2CCCCC2)cc1. The molecule has 0 spiro atoms. The van der Waals surface area contributed by atoms with E-state index in [0.717, 1.165) is 36.6 Å². The summed E-state index contributed by atoms with van der Waals surface area (Å²) in [6, 6.07) is 7.92. The number of carbonyl (C=O) groups is 1. The average Bonchev–Trinajstić information content (AvgIpc) is 2.97. The van der Waals surface area contributed by atoms with Crippen molar-refractivity contribution in [3.05, 3.63) is 29.1 Å². The van der Waals surface area contributed by atoms with Crippen molar-refractivity contribution in [2.24, 2.45) is 0 Å². The Hall–Kier alpha value is -1.92. The number of hydrogen-bond donors (Lipinski definition) is 1. The summed E-state index contributed by atoms with van der Waals surface area (Å²) in [6.07, 6.45) is 3.84. The van der Waals surface area contributed by atoms with Crippen molar-refractivity contribution in [1.29, 1.82) is 0 Å². The lowest BCUT2D eigenvalue weighted by Gasteiger charge is -2.26. The van der Waals surface area contributed by atoms with E-state index in [1.807, 2.05) is 24.3 Å². The molecular formula is C18H23N3O2S. The summed E-state index contributed by atoms with van der Waals surface area (Å²) < 4.78 is 5.23. The van der Waals surface area contributed by atoms with E-state index in [-0.39, 0.29) is 5.91 Å². The topological polar surface area (TPSA) is 54.5 Å². The van der Waals surface area contributed by atoms with E-state index in [4.69, 9.17) is 4.74 Å². The Kier molecular flexibility index (Phi) is 5.48. The summed E-state index contributed by atoms with van der Waals surface area (Å²) in [5.74, 6) is 0.739. The van der Waals surface area contributed by atoms with Gasteiger partial charge in [0.2, 0.25) is 5.91 Å². The normalized spacial score (nSPS) is 15.2. The Morgan fingerprint density at radius 2 is 1.96 bits per heavy atom. The second-order valence-corrected chi connectivity index (χ2v) is 7.12. The molecule has 1 fully saturated rings. The Morgan fingerprint density at radius 1 is 1.25 bits per heavy atom. The second-order valence-electron chi connectivity index (χ2n) is 6.04. The van der Waals surface area contributed by atoms with E-state index in [0.29, 0.717) is 5.13 Å². The number of likely N-dealkylation sites (tertiary alicyclic amines) is 1. The molecule has 0 saturated carbocycles. The number of nitrogens with zero attached hydrogens (tertiary/aromatic N) is 2. The largest absolute Gasteiger partial charge is 0.497 e. The van der Waals surface area contributed by atoms with Crippen LogP contribution < -0.4 is 10.1 Å². The van der Waals surface area contributed by atoms with E-state index in [1.54, 1.807) is 18.4 Å². The number of aromatic nitrogens is 1. The quantitative estimate of drug-likeness (QED) is 0.896. The molecule has 1 aliphatic rings. The summed E-state index contributed by atoms with van der Waals surface area (Å²) in [4.78, 5) is 19.7. The van der Waals surface area contributed by atoms with Crippen molar-refractivity contribution in [2.75, 3.05) is 25.5 Å². The highest BCUT2D eigenvalue weighted by molar-refractivity contribution is 7.16. The molecule has 6 heteroatoms. The summed E-state index contributed by atoms with van der Waals surface area (Å²) in [5, 5.41) is 3.49. The molecule has 1 saturated heterocycles. The van der Waals surface area contributed by atoms with Gasteiger partial charge in [-0.15, -0.1) is 0 Å². The smallest absolute Gasteiger partial charge is 0.223 e. The van der Waals surface area contributed by atoms with Gasteiger partial charge in [0.25, 0.3) is 0 Å². The van der Waals surface area contributed by atoms with Gasteiger partial charge in [-0.2, -0.15) is 0 Å². The minimum atomic E-state index is -0.0884. The molecule has 1 aromatic heterocycles. The van der Waals surface area contributed by atoms with Gasteiger partial charge < -0.3 is 10.1 Å². The maximum Gasteiger partial charge on any atom is 0.223 e. The zero-order valence-corrected chi connectivity index (χ0v) is 15.0. The molecule has 3 rings (SSSR count). The monoisotopic (exact) mass is 345 g/mol. The van der Waals surface area contributed by atoms with E-state index in [1.165, 1.54) is 31.1 Å². The van der Waals surface area contributed by atoms with Gasteiger partial charge in [0.05, 0.1) is 12.8 Å². The van der Waals surface area contributed by atoms with Crippen molar-refractivity contribution in [1.82, 2.24) is 9.88 Å². The minimum absolute atomic E-state index is 0.0884. The zero-order chi connectivity index (χ0) is 16.9. The third-order valence-electron chi connectivity index (χ3n) is 4.16. The lowest BCUT2D eigenvalue weighted by molar-refractivity contribution is -0.114. The Morgan fingerprint density at radius 3 is 2.58 bits per heavy atom. The van der Waals surface area contributed by atoms with Crippen LogP contribution in [0.25, 0.3) is 11.3 Å². The number of amides is 1. The fourth-order valence-corrected chi connectivity index (χ4v) is 4.03. The first-order valence-corrected chi connectivity index (χ1v) is 9.11. The van der Waals surface area contributed by atoms with Crippen LogP contribution in [0, 0.1) is 0 Å². The number of anilines is 1. The van der Waals surface area contributed by atoms with Gasteiger partial charge in [-0.05, 0) is 50.2 Å². The predicted molar refractivity (Wildman–Crippen MR) is 97.5 cm³/mol. The average molecular weight is 345 g/mol. The third kappa shape index (κ3) is 4.13. The lowest BCUT2D eigenvalue weighted by Crippen LogP contribution is -2.28. The molecule has 0 bridgehead atoms. The maximum atomic E-state index is 11.4. The Labute approximate surface area is 146 Å². The molecule has 1 N–H and O–H groups in total. The molecule has 0 aliphatic carbocycles. The van der Waals surface area contributed by atoms with Gasteiger partial charge >= 0.3 is 0 Å². The molecule has 2 aromatic rings. The molecule has 0 unspecified atom stereocenters. The molecular weight excluding hydrogens is 322 g/mol. The van der Waals surface area contributed by atoms with E-state index in [2.05, 4.69) is 15.2 Å². The number of piperidine rings is 1. The molecule has 1 amide bonds. The van der Waals surface area contributed by atoms with Gasteiger partial charge in [0, 0.05) is 23.9 Å². The van der Waals surface area contributed by atoms with Gasteiger partial charge in [-0.3, -0.25) is 9.69 Å². The molecule has 1 aliphatic heterocycles. The first-order valence-electron chi connectivity index (χ1n) is 8.30. The molecule has 24 heavy (non-hydrogen) atoms. The van der Waals surface area contributed by atoms with Crippen LogP contribution in [0.15, 0.2) is 24.3 Å². The van der Waals surface area contributed by atoms with Gasteiger partial charge in [-0.1, -0.05) is 17.8 Å². The molecule has 0 radical (unpaired) electrons. The first-order chi connectivity index (χ1) is 11.7. The van der Waals surface area contributed by atoms with Crippen LogP contribution in [-0.2, 0) is 11.3 Å². The molecule has 128 valence electrons. The summed E-state index contributed by atoms with van der Waals surface area (Å²) in [5.41, 5.74) is 2.01. The summed E-state index contributed by atoms with van der Waals surface area (Å²) in [7, 11) is 1.66. The van der Waals surface area contributed by atoms with Crippen molar-refractivity contribution >= 4 is 22.4 Å². The number of hydrogen-bond acceptors (Lipinski definition) is 5. The number of ether oxygens (including phenoxy) is 1. The molecule has 2 heterocycles. The van der Waals surface area contributed by atoms with Crippen LogP contribution in [0.1, 0.15) is 31.1 Å². The molecule has 5 nitrogen and oxygen atoms in total. The number of nitrogens with one attached hydrogen (secondary N) is 1. The highest BCUT2D eigenvalue weighted by atomic mass is 32.1. The van der Waals surface area contributed by atoms with Crippen LogP contribution in [0.2, 0.25) is 0 Å². The van der Waals surface area contributed by atoms with E-state index < -0.39 is 0 Å². The third-order valence-corrected chi connectivity index (χ3v) is 5.12. The standard InChI is InChI=1S/C18H23N3O2S/c1-13(22)19-18-20-17(14-6-8-15(23-2)9-7-14)16(24-18)12-21-10-4-3-5-11-21/h6-9H,3-5,10-12H2,1-2H3,(H,19,20,22). The van der Waals surface area contributed by atoms with E-state index in [9.17, 15) is 4.79 Å². The van der Waals surface area contributed by atoms with Crippen molar-refractivity contribution < 1.29 is 9.53 Å². The first kappa shape index (κ1) is 16.9. The zero-order valence-electron chi connectivity index (χ0n) is 14.2. The predicted octanol–water partition coefficient (Wildman–Crippen LogP) is 3.76. The van der Waals surface area contributed by atoms with Crippen LogP contribution in [0.5, 0.6) is 5.75 Å². The van der Waals surface area contributed by atoms with Gasteiger partial charge in [0.1, 0.15) is 5.75 Å². The number of benzene rings is 1. The van der Waals surface area contributed by atoms with E-state index >= 15 is 0 Å².